The Bertz CT molecular complexity index is 627. The van der Waals surface area contributed by atoms with Crippen LogP contribution in [0.25, 0.3) is 0 Å². The summed E-state index contributed by atoms with van der Waals surface area (Å²) in [4.78, 5) is 16.2. The molecule has 116 valence electrons. The Balaban J connectivity index is 1.45. The molecule has 0 spiro atoms. The number of ether oxygens (including phenoxy) is 1. The van der Waals surface area contributed by atoms with Crippen LogP contribution in [0.3, 0.4) is 0 Å². The molecule has 1 aliphatic rings. The van der Waals surface area contributed by atoms with E-state index in [4.69, 9.17) is 4.74 Å². The third-order valence-corrected chi connectivity index (χ3v) is 3.99. The first-order valence-corrected chi connectivity index (χ1v) is 7.54. The molecule has 1 amide bonds. The number of carbonyl (C=O) groups excluding carboxylic acids is 1. The lowest BCUT2D eigenvalue weighted by Crippen LogP contribution is -2.33. The Labute approximate surface area is 129 Å². The van der Waals surface area contributed by atoms with E-state index in [1.54, 1.807) is 0 Å². The Morgan fingerprint density at radius 2 is 2.27 bits per heavy atom. The summed E-state index contributed by atoms with van der Waals surface area (Å²) in [6, 6.07) is 7.94. The van der Waals surface area contributed by atoms with Crippen molar-refractivity contribution in [2.24, 2.45) is 0 Å². The molecule has 0 unspecified atom stereocenters. The van der Waals surface area contributed by atoms with Crippen LogP contribution >= 0.6 is 0 Å². The summed E-state index contributed by atoms with van der Waals surface area (Å²) in [5, 5.41) is 9.62. The minimum atomic E-state index is -0.0410. The van der Waals surface area contributed by atoms with Crippen molar-refractivity contribution in [3.63, 3.8) is 0 Å². The lowest BCUT2D eigenvalue weighted by molar-refractivity contribution is -0.121. The summed E-state index contributed by atoms with van der Waals surface area (Å²) in [5.74, 6) is 0.787. The van der Waals surface area contributed by atoms with E-state index in [-0.39, 0.29) is 18.1 Å². The molecule has 0 saturated carbocycles. The second kappa shape index (κ2) is 6.70. The molecule has 3 rings (SSSR count). The largest absolute Gasteiger partial charge is 0.365 e. The molecule has 2 N–H and O–H groups in total. The van der Waals surface area contributed by atoms with Crippen LogP contribution in [0.5, 0.6) is 0 Å². The number of H-pyrrole nitrogens is 1. The quantitative estimate of drug-likeness (QED) is 0.880. The van der Waals surface area contributed by atoms with Gasteiger partial charge in [-0.05, 0) is 30.9 Å². The normalized spacial score (nSPS) is 21.0. The molecule has 22 heavy (non-hydrogen) atoms. The highest BCUT2D eigenvalue weighted by Crippen LogP contribution is 2.29. The number of amides is 1. The summed E-state index contributed by atoms with van der Waals surface area (Å²) < 4.78 is 5.88. The van der Waals surface area contributed by atoms with E-state index >= 15 is 0 Å². The van der Waals surface area contributed by atoms with Crippen molar-refractivity contribution in [3.8, 4) is 0 Å². The molecular formula is C16H20N4O2. The van der Waals surface area contributed by atoms with Gasteiger partial charge in [0.05, 0.1) is 12.5 Å². The maximum atomic E-state index is 12.0. The topological polar surface area (TPSA) is 79.9 Å². The molecule has 0 bridgehead atoms. The molecule has 0 radical (unpaired) electrons. The van der Waals surface area contributed by atoms with Gasteiger partial charge in [0.2, 0.25) is 5.91 Å². The van der Waals surface area contributed by atoms with Crippen molar-refractivity contribution >= 4 is 5.91 Å². The van der Waals surface area contributed by atoms with Crippen molar-refractivity contribution in [1.29, 1.82) is 0 Å². The minimum absolute atomic E-state index is 0.0287. The van der Waals surface area contributed by atoms with E-state index in [1.807, 2.05) is 31.2 Å². The maximum Gasteiger partial charge on any atom is 0.224 e. The molecule has 0 aliphatic carbocycles. The van der Waals surface area contributed by atoms with Gasteiger partial charge in [-0.25, -0.2) is 4.98 Å². The Morgan fingerprint density at radius 3 is 3.05 bits per heavy atom. The molecule has 1 aromatic heterocycles. The average molecular weight is 300 g/mol. The molecule has 6 heteroatoms. The number of aromatic nitrogens is 3. The number of nitrogens with one attached hydrogen (secondary N) is 2. The number of hydrogen-bond acceptors (Lipinski definition) is 4. The third kappa shape index (κ3) is 3.51. The summed E-state index contributed by atoms with van der Waals surface area (Å²) >= 11 is 0. The first-order chi connectivity index (χ1) is 10.7. The average Bonchev–Trinajstić information content (AvgIpc) is 3.18. The van der Waals surface area contributed by atoms with Gasteiger partial charge in [0.25, 0.3) is 0 Å². The highest BCUT2D eigenvalue weighted by atomic mass is 16.5. The highest BCUT2D eigenvalue weighted by Gasteiger charge is 2.28. The fourth-order valence-electron chi connectivity index (χ4n) is 2.70. The summed E-state index contributed by atoms with van der Waals surface area (Å²) in [6.45, 7) is 2.56. The zero-order chi connectivity index (χ0) is 15.4. The van der Waals surface area contributed by atoms with Crippen molar-refractivity contribution in [2.45, 2.75) is 38.4 Å². The van der Waals surface area contributed by atoms with Crippen LogP contribution in [0.2, 0.25) is 0 Å². The monoisotopic (exact) mass is 300 g/mol. The smallest absolute Gasteiger partial charge is 0.224 e. The zero-order valence-electron chi connectivity index (χ0n) is 12.6. The third-order valence-electron chi connectivity index (χ3n) is 3.99. The molecule has 1 fully saturated rings. The molecule has 1 aromatic carbocycles. The minimum Gasteiger partial charge on any atom is -0.365 e. The van der Waals surface area contributed by atoms with Gasteiger partial charge in [-0.1, -0.05) is 24.3 Å². The van der Waals surface area contributed by atoms with Gasteiger partial charge in [-0.3, -0.25) is 9.89 Å². The van der Waals surface area contributed by atoms with E-state index in [2.05, 4.69) is 20.5 Å². The lowest BCUT2D eigenvalue weighted by atomic mass is 10.1. The van der Waals surface area contributed by atoms with Gasteiger partial charge >= 0.3 is 0 Å². The lowest BCUT2D eigenvalue weighted by Gasteiger charge is -2.13. The van der Waals surface area contributed by atoms with Gasteiger partial charge in [0, 0.05) is 6.54 Å². The fourth-order valence-corrected chi connectivity index (χ4v) is 2.70. The fraction of sp³-hybridized carbons (Fsp3) is 0.438. The summed E-state index contributed by atoms with van der Waals surface area (Å²) in [7, 11) is 0. The Hall–Kier alpha value is -2.21. The summed E-state index contributed by atoms with van der Waals surface area (Å²) in [6.07, 6.45) is 3.70. The van der Waals surface area contributed by atoms with Crippen LogP contribution in [0, 0.1) is 6.92 Å². The second-order valence-electron chi connectivity index (χ2n) is 5.60. The van der Waals surface area contributed by atoms with Crippen molar-refractivity contribution in [3.05, 3.63) is 47.5 Å². The standard InChI is InChI=1S/C16H20N4O2/c1-11-4-2-3-5-12(11)8-15(21)17-9-13-6-7-14(22-13)16-18-10-19-20-16/h2-5,10,13-14H,6-9H2,1H3,(H,17,21)(H,18,19,20)/t13-,14+/m1/s1. The van der Waals surface area contributed by atoms with E-state index in [0.717, 1.165) is 29.8 Å². The number of aryl methyl sites for hydroxylation is 1. The van der Waals surface area contributed by atoms with E-state index < -0.39 is 0 Å². The van der Waals surface area contributed by atoms with Gasteiger partial charge < -0.3 is 10.1 Å². The van der Waals surface area contributed by atoms with Crippen LogP contribution < -0.4 is 5.32 Å². The predicted octanol–water partition coefficient (Wildman–Crippen LogP) is 1.69. The molecular weight excluding hydrogens is 280 g/mol. The van der Waals surface area contributed by atoms with Gasteiger partial charge in [0.1, 0.15) is 12.4 Å². The number of rotatable bonds is 5. The zero-order valence-corrected chi connectivity index (χ0v) is 12.6. The van der Waals surface area contributed by atoms with Crippen LogP contribution in [0.15, 0.2) is 30.6 Å². The van der Waals surface area contributed by atoms with E-state index in [9.17, 15) is 4.79 Å². The number of nitrogens with zero attached hydrogens (tertiary/aromatic N) is 2. The Kier molecular flexibility index (Phi) is 4.48. The summed E-state index contributed by atoms with van der Waals surface area (Å²) in [5.41, 5.74) is 2.20. The van der Waals surface area contributed by atoms with Crippen LogP contribution in [-0.4, -0.2) is 33.7 Å². The number of carbonyl (C=O) groups is 1. The van der Waals surface area contributed by atoms with Gasteiger partial charge in [0.15, 0.2) is 5.82 Å². The molecule has 6 nitrogen and oxygen atoms in total. The van der Waals surface area contributed by atoms with Crippen LogP contribution in [-0.2, 0) is 16.0 Å². The molecule has 1 saturated heterocycles. The molecule has 2 aromatic rings. The first kappa shape index (κ1) is 14.7. The van der Waals surface area contributed by atoms with E-state index in [0.29, 0.717) is 13.0 Å². The van der Waals surface area contributed by atoms with Crippen molar-refractivity contribution < 1.29 is 9.53 Å². The molecule has 2 atom stereocenters. The van der Waals surface area contributed by atoms with Crippen LogP contribution in [0.1, 0.15) is 35.9 Å². The van der Waals surface area contributed by atoms with Crippen molar-refractivity contribution in [2.75, 3.05) is 6.54 Å². The number of benzene rings is 1. The molecule has 1 aliphatic heterocycles. The predicted molar refractivity (Wildman–Crippen MR) is 81.1 cm³/mol. The van der Waals surface area contributed by atoms with E-state index in [1.165, 1.54) is 6.33 Å². The SMILES string of the molecule is Cc1ccccc1CC(=O)NC[C@H]1CC[C@@H](c2ncn[nH]2)O1. The maximum absolute atomic E-state index is 12.0. The van der Waals surface area contributed by atoms with Gasteiger partial charge in [-0.2, -0.15) is 5.10 Å². The van der Waals surface area contributed by atoms with Crippen LogP contribution in [0.4, 0.5) is 0 Å². The Morgan fingerprint density at radius 1 is 1.41 bits per heavy atom. The second-order valence-corrected chi connectivity index (χ2v) is 5.60. The first-order valence-electron chi connectivity index (χ1n) is 7.54. The highest BCUT2D eigenvalue weighted by molar-refractivity contribution is 5.78. The molecule has 2 heterocycles. The van der Waals surface area contributed by atoms with Gasteiger partial charge in [-0.15, -0.1) is 0 Å². The number of aromatic amines is 1. The number of hydrogen-bond donors (Lipinski definition) is 2. The van der Waals surface area contributed by atoms with Crippen molar-refractivity contribution in [1.82, 2.24) is 20.5 Å².